The van der Waals surface area contributed by atoms with Gasteiger partial charge in [0, 0.05) is 33.8 Å². The van der Waals surface area contributed by atoms with Crippen molar-refractivity contribution in [3.63, 3.8) is 0 Å². The normalized spacial score (nSPS) is 12.5. The van der Waals surface area contributed by atoms with Crippen molar-refractivity contribution >= 4 is 17.1 Å². The van der Waals surface area contributed by atoms with Gasteiger partial charge in [0.05, 0.1) is 5.41 Å². The summed E-state index contributed by atoms with van der Waals surface area (Å²) in [6.45, 7) is 0. The molecule has 0 amide bonds. The van der Waals surface area contributed by atoms with Crippen molar-refractivity contribution in [3.05, 3.63) is 277 Å². The highest BCUT2D eigenvalue weighted by molar-refractivity contribution is 5.96. The molecule has 1 heterocycles. The van der Waals surface area contributed by atoms with Crippen LogP contribution in [0, 0.1) is 0 Å². The van der Waals surface area contributed by atoms with E-state index in [1.54, 1.807) is 0 Å². The second-order valence-electron chi connectivity index (χ2n) is 17.5. The first-order chi connectivity index (χ1) is 33.7. The second kappa shape index (κ2) is 16.2. The first-order valence-electron chi connectivity index (χ1n) is 23.2. The van der Waals surface area contributed by atoms with E-state index in [1.807, 2.05) is 60.7 Å². The van der Waals surface area contributed by atoms with Crippen LogP contribution in [0.25, 0.3) is 78.7 Å². The van der Waals surface area contributed by atoms with Gasteiger partial charge in [-0.15, -0.1) is 0 Å². The smallest absolute Gasteiger partial charge is 0.164 e. The Balaban J connectivity index is 0.976. The van der Waals surface area contributed by atoms with Gasteiger partial charge in [0.2, 0.25) is 0 Å². The first-order valence-corrected chi connectivity index (χ1v) is 23.2. The minimum absolute atomic E-state index is 0.468. The molecule has 1 aromatic heterocycles. The topological polar surface area (TPSA) is 41.9 Å². The summed E-state index contributed by atoms with van der Waals surface area (Å²) in [6.07, 6.45) is 0. The molecule has 2 aliphatic carbocycles. The molecule has 0 aliphatic heterocycles. The molecule has 4 nitrogen and oxygen atoms in total. The van der Waals surface area contributed by atoms with Crippen molar-refractivity contribution in [2.24, 2.45) is 0 Å². The Hall–Kier alpha value is -8.99. The highest BCUT2D eigenvalue weighted by atomic mass is 15.1. The molecule has 11 aromatic rings. The molecule has 0 unspecified atom stereocenters. The van der Waals surface area contributed by atoms with E-state index in [1.165, 1.54) is 50.1 Å². The fourth-order valence-corrected chi connectivity index (χ4v) is 10.7. The van der Waals surface area contributed by atoms with Crippen LogP contribution in [0.15, 0.2) is 255 Å². The van der Waals surface area contributed by atoms with Gasteiger partial charge in [-0.3, -0.25) is 0 Å². The molecule has 318 valence electrons. The number of hydrogen-bond donors (Lipinski definition) is 0. The largest absolute Gasteiger partial charge is 0.310 e. The van der Waals surface area contributed by atoms with Crippen LogP contribution in [0.4, 0.5) is 17.1 Å². The van der Waals surface area contributed by atoms with Crippen LogP contribution in [-0.2, 0) is 5.41 Å². The fourth-order valence-electron chi connectivity index (χ4n) is 10.7. The Morgan fingerprint density at radius 2 is 0.588 bits per heavy atom. The van der Waals surface area contributed by atoms with Crippen LogP contribution < -0.4 is 4.90 Å². The predicted octanol–water partition coefficient (Wildman–Crippen LogP) is 16.0. The standard InChI is InChI=1S/C64H42N4/c1-4-19-43(20-5-1)47-26-17-29-50(40-47)68(52-37-38-56-55-33-12-15-36-59(55)64(60(56)42-52)57-34-13-10-31-53(57)54-32-11-14-35-58(54)64)51-30-18-27-48(41-51)46-25-16-28-49(39-46)63-66-61(44-21-6-2-7-22-44)65-62(67-63)45-23-8-3-9-24-45/h1-42H. The van der Waals surface area contributed by atoms with Crippen molar-refractivity contribution in [1.82, 2.24) is 15.0 Å². The summed E-state index contributed by atoms with van der Waals surface area (Å²) in [6, 6.07) is 91.4. The van der Waals surface area contributed by atoms with E-state index >= 15 is 0 Å². The molecule has 10 aromatic carbocycles. The predicted molar refractivity (Wildman–Crippen MR) is 278 cm³/mol. The molecule has 0 radical (unpaired) electrons. The first kappa shape index (κ1) is 39.4. The van der Waals surface area contributed by atoms with Gasteiger partial charge in [0.1, 0.15) is 0 Å². The zero-order valence-corrected chi connectivity index (χ0v) is 37.0. The van der Waals surface area contributed by atoms with E-state index in [-0.39, 0.29) is 0 Å². The Bertz CT molecular complexity index is 3570. The number of anilines is 3. The maximum Gasteiger partial charge on any atom is 0.164 e. The SMILES string of the molecule is c1ccc(-c2cccc(N(c3cccc(-c4cccc(-c5nc(-c6ccccc6)nc(-c6ccccc6)n5)c4)c3)c3ccc4c(c3)C3(c5ccccc5-c5ccccc53)c3ccccc3-4)c2)cc1. The summed E-state index contributed by atoms with van der Waals surface area (Å²) in [4.78, 5) is 17.5. The number of rotatable bonds is 8. The zero-order valence-electron chi connectivity index (χ0n) is 37.0. The summed E-state index contributed by atoms with van der Waals surface area (Å²) in [5.74, 6) is 1.90. The lowest BCUT2D eigenvalue weighted by Gasteiger charge is -2.32. The monoisotopic (exact) mass is 866 g/mol. The molecule has 2 aliphatic rings. The van der Waals surface area contributed by atoms with Gasteiger partial charge in [-0.2, -0.15) is 0 Å². The van der Waals surface area contributed by atoms with E-state index < -0.39 is 5.41 Å². The van der Waals surface area contributed by atoms with Crippen LogP contribution in [0.3, 0.4) is 0 Å². The lowest BCUT2D eigenvalue weighted by molar-refractivity contribution is 0.793. The van der Waals surface area contributed by atoms with Crippen LogP contribution in [0.2, 0.25) is 0 Å². The van der Waals surface area contributed by atoms with Crippen LogP contribution >= 0.6 is 0 Å². The summed E-state index contributed by atoms with van der Waals surface area (Å²) >= 11 is 0. The Morgan fingerprint density at radius 3 is 1.10 bits per heavy atom. The van der Waals surface area contributed by atoms with E-state index in [4.69, 9.17) is 15.0 Å². The zero-order chi connectivity index (χ0) is 45.0. The molecule has 13 rings (SSSR count). The van der Waals surface area contributed by atoms with Gasteiger partial charge in [-0.05, 0) is 109 Å². The maximum atomic E-state index is 5.06. The van der Waals surface area contributed by atoms with Crippen molar-refractivity contribution < 1.29 is 0 Å². The van der Waals surface area contributed by atoms with Crippen LogP contribution in [0.5, 0.6) is 0 Å². The molecule has 0 N–H and O–H groups in total. The Labute approximate surface area is 396 Å². The van der Waals surface area contributed by atoms with Gasteiger partial charge >= 0.3 is 0 Å². The second-order valence-corrected chi connectivity index (χ2v) is 17.5. The molecular formula is C64H42N4. The van der Waals surface area contributed by atoms with Crippen LogP contribution in [-0.4, -0.2) is 15.0 Å². The van der Waals surface area contributed by atoms with Crippen molar-refractivity contribution in [2.75, 3.05) is 4.90 Å². The van der Waals surface area contributed by atoms with Gasteiger partial charge in [0.25, 0.3) is 0 Å². The highest BCUT2D eigenvalue weighted by Gasteiger charge is 2.51. The minimum Gasteiger partial charge on any atom is -0.310 e. The minimum atomic E-state index is -0.468. The van der Waals surface area contributed by atoms with Crippen molar-refractivity contribution in [1.29, 1.82) is 0 Å². The molecule has 1 spiro atoms. The lowest BCUT2D eigenvalue weighted by atomic mass is 9.70. The quantitative estimate of drug-likeness (QED) is 0.153. The molecule has 0 fully saturated rings. The lowest BCUT2D eigenvalue weighted by Crippen LogP contribution is -2.26. The summed E-state index contributed by atoms with van der Waals surface area (Å²) < 4.78 is 0. The number of hydrogen-bond acceptors (Lipinski definition) is 4. The van der Waals surface area contributed by atoms with Gasteiger partial charge < -0.3 is 4.90 Å². The Morgan fingerprint density at radius 1 is 0.235 bits per heavy atom. The highest BCUT2D eigenvalue weighted by Crippen LogP contribution is 2.63. The fraction of sp³-hybridized carbons (Fsp3) is 0.0156. The van der Waals surface area contributed by atoms with Crippen LogP contribution in [0.1, 0.15) is 22.3 Å². The van der Waals surface area contributed by atoms with E-state index in [0.29, 0.717) is 17.5 Å². The molecule has 0 bridgehead atoms. The van der Waals surface area contributed by atoms with Gasteiger partial charge in [0.15, 0.2) is 17.5 Å². The number of aromatic nitrogens is 3. The average molecular weight is 867 g/mol. The molecule has 0 saturated carbocycles. The summed E-state index contributed by atoms with van der Waals surface area (Å²) in [5, 5.41) is 0. The molecule has 0 atom stereocenters. The number of benzene rings is 10. The molecular weight excluding hydrogens is 825 g/mol. The van der Waals surface area contributed by atoms with Gasteiger partial charge in [-0.25, -0.2) is 15.0 Å². The molecule has 68 heavy (non-hydrogen) atoms. The maximum absolute atomic E-state index is 5.06. The van der Waals surface area contributed by atoms with E-state index in [0.717, 1.165) is 50.4 Å². The molecule has 4 heteroatoms. The van der Waals surface area contributed by atoms with E-state index in [9.17, 15) is 0 Å². The molecule has 0 saturated heterocycles. The van der Waals surface area contributed by atoms with Crippen molar-refractivity contribution in [2.45, 2.75) is 5.41 Å². The summed E-state index contributed by atoms with van der Waals surface area (Å²) in [5.41, 5.74) is 20.4. The average Bonchev–Trinajstić information content (AvgIpc) is 3.89. The Kier molecular flexibility index (Phi) is 9.36. The third kappa shape index (κ3) is 6.41. The van der Waals surface area contributed by atoms with Crippen molar-refractivity contribution in [3.8, 4) is 78.7 Å². The number of nitrogens with zero attached hydrogens (tertiary/aromatic N) is 4. The van der Waals surface area contributed by atoms with E-state index in [2.05, 4.69) is 199 Å². The summed E-state index contributed by atoms with van der Waals surface area (Å²) in [7, 11) is 0. The third-order valence-corrected chi connectivity index (χ3v) is 13.7. The third-order valence-electron chi connectivity index (χ3n) is 13.7. The number of fused-ring (bicyclic) bond motifs is 10. The van der Waals surface area contributed by atoms with Gasteiger partial charge in [-0.1, -0.05) is 212 Å².